The van der Waals surface area contributed by atoms with Crippen LogP contribution in [0.25, 0.3) is 0 Å². The Labute approximate surface area is 114 Å². The van der Waals surface area contributed by atoms with Crippen LogP contribution in [0.2, 0.25) is 0 Å². The van der Waals surface area contributed by atoms with Gasteiger partial charge in [-0.2, -0.15) is 0 Å². The highest BCUT2D eigenvalue weighted by Gasteiger charge is 2.24. The Bertz CT molecular complexity index is 151. The summed E-state index contributed by atoms with van der Waals surface area (Å²) in [5.74, 6) is 0.819. The predicted molar refractivity (Wildman–Crippen MR) is 79.8 cm³/mol. The van der Waals surface area contributed by atoms with Crippen LogP contribution in [0.15, 0.2) is 0 Å². The first-order chi connectivity index (χ1) is 8.24. The number of rotatable bonds is 12. The summed E-state index contributed by atoms with van der Waals surface area (Å²) in [7, 11) is 0. The van der Waals surface area contributed by atoms with Crippen molar-refractivity contribution in [3.8, 4) is 0 Å². The van der Waals surface area contributed by atoms with Crippen LogP contribution >= 0.6 is 11.6 Å². The Morgan fingerprint density at radius 3 is 1.53 bits per heavy atom. The summed E-state index contributed by atoms with van der Waals surface area (Å²) < 4.78 is 1.28. The summed E-state index contributed by atoms with van der Waals surface area (Å²) in [6.45, 7) is 12.1. The number of hydrogen-bond acceptors (Lipinski definition) is 0. The molecule has 0 heterocycles. The second-order valence-electron chi connectivity index (χ2n) is 5.34. The van der Waals surface area contributed by atoms with Crippen molar-refractivity contribution in [2.24, 2.45) is 0 Å². The highest BCUT2D eigenvalue weighted by molar-refractivity contribution is 6.17. The Kier molecular flexibility index (Phi) is 11.5. The molecule has 0 aromatic carbocycles. The van der Waals surface area contributed by atoms with Crippen molar-refractivity contribution in [2.45, 2.75) is 65.7 Å². The smallest absolute Gasteiger partial charge is 0.0924 e. The van der Waals surface area contributed by atoms with Crippen molar-refractivity contribution in [3.63, 3.8) is 0 Å². The van der Waals surface area contributed by atoms with E-state index in [1.807, 2.05) is 0 Å². The molecule has 17 heavy (non-hydrogen) atoms. The third-order valence-electron chi connectivity index (χ3n) is 3.77. The SMILES string of the molecule is CCCCC[N+](CCCl)(CCCC)CCCC. The lowest BCUT2D eigenvalue weighted by atomic mass is 10.1. The van der Waals surface area contributed by atoms with Gasteiger partial charge in [0.2, 0.25) is 0 Å². The topological polar surface area (TPSA) is 0 Å². The summed E-state index contributed by atoms with van der Waals surface area (Å²) in [4.78, 5) is 0. The molecule has 104 valence electrons. The molecule has 2 heteroatoms. The van der Waals surface area contributed by atoms with Crippen LogP contribution < -0.4 is 0 Å². The molecular formula is C15H33ClN+. The fourth-order valence-corrected chi connectivity index (χ4v) is 2.89. The summed E-state index contributed by atoms with van der Waals surface area (Å²) >= 11 is 6.04. The second kappa shape index (κ2) is 11.3. The highest BCUT2D eigenvalue weighted by Crippen LogP contribution is 2.15. The van der Waals surface area contributed by atoms with Gasteiger partial charge in [0, 0.05) is 0 Å². The molecule has 0 aromatic rings. The third kappa shape index (κ3) is 8.05. The minimum atomic E-state index is 0.819. The van der Waals surface area contributed by atoms with E-state index in [0.29, 0.717) is 0 Å². The van der Waals surface area contributed by atoms with E-state index < -0.39 is 0 Å². The molecule has 0 bridgehead atoms. The molecule has 0 aliphatic rings. The van der Waals surface area contributed by atoms with Gasteiger partial charge in [-0.05, 0) is 25.7 Å². The number of hydrogen-bond donors (Lipinski definition) is 0. The van der Waals surface area contributed by atoms with Crippen molar-refractivity contribution in [2.75, 3.05) is 32.1 Å². The average molecular weight is 263 g/mol. The van der Waals surface area contributed by atoms with Crippen LogP contribution in [0.3, 0.4) is 0 Å². The van der Waals surface area contributed by atoms with E-state index in [1.54, 1.807) is 0 Å². The van der Waals surface area contributed by atoms with E-state index in [1.165, 1.54) is 75.6 Å². The lowest BCUT2D eigenvalue weighted by Crippen LogP contribution is -2.51. The van der Waals surface area contributed by atoms with Crippen molar-refractivity contribution < 1.29 is 4.48 Å². The number of halogens is 1. The molecule has 0 unspecified atom stereocenters. The van der Waals surface area contributed by atoms with Gasteiger partial charge in [0.05, 0.1) is 32.1 Å². The summed E-state index contributed by atoms with van der Waals surface area (Å²) in [5.41, 5.74) is 0. The maximum atomic E-state index is 6.04. The fraction of sp³-hybridized carbons (Fsp3) is 1.00. The van der Waals surface area contributed by atoms with Gasteiger partial charge in [-0.25, -0.2) is 0 Å². The Morgan fingerprint density at radius 1 is 0.647 bits per heavy atom. The van der Waals surface area contributed by atoms with Gasteiger partial charge in [0.25, 0.3) is 0 Å². The predicted octanol–water partition coefficient (Wildman–Crippen LogP) is 4.83. The highest BCUT2D eigenvalue weighted by atomic mass is 35.5. The van der Waals surface area contributed by atoms with Crippen molar-refractivity contribution in [1.29, 1.82) is 0 Å². The second-order valence-corrected chi connectivity index (χ2v) is 5.72. The molecule has 0 aliphatic heterocycles. The summed E-state index contributed by atoms with van der Waals surface area (Å²) in [6, 6.07) is 0. The van der Waals surface area contributed by atoms with Gasteiger partial charge in [0.1, 0.15) is 0 Å². The molecule has 0 radical (unpaired) electrons. The molecular weight excluding hydrogens is 230 g/mol. The van der Waals surface area contributed by atoms with Crippen LogP contribution in [0, 0.1) is 0 Å². The van der Waals surface area contributed by atoms with E-state index in [-0.39, 0.29) is 0 Å². The molecule has 0 fully saturated rings. The first kappa shape index (κ1) is 17.2. The normalized spacial score (nSPS) is 12.0. The molecule has 0 spiro atoms. The van der Waals surface area contributed by atoms with Crippen molar-refractivity contribution in [3.05, 3.63) is 0 Å². The van der Waals surface area contributed by atoms with Gasteiger partial charge in [-0.15, -0.1) is 11.6 Å². The first-order valence-electron chi connectivity index (χ1n) is 7.65. The van der Waals surface area contributed by atoms with Gasteiger partial charge in [0.15, 0.2) is 0 Å². The van der Waals surface area contributed by atoms with Gasteiger partial charge < -0.3 is 4.48 Å². The van der Waals surface area contributed by atoms with Gasteiger partial charge >= 0.3 is 0 Å². The maximum Gasteiger partial charge on any atom is 0.0924 e. The van der Waals surface area contributed by atoms with Crippen LogP contribution in [-0.2, 0) is 0 Å². The third-order valence-corrected chi connectivity index (χ3v) is 3.94. The van der Waals surface area contributed by atoms with E-state index >= 15 is 0 Å². The Hall–Kier alpha value is 0.250. The van der Waals surface area contributed by atoms with Crippen LogP contribution in [0.1, 0.15) is 65.7 Å². The van der Waals surface area contributed by atoms with Crippen LogP contribution in [-0.4, -0.2) is 36.5 Å². The van der Waals surface area contributed by atoms with E-state index in [4.69, 9.17) is 11.6 Å². The summed E-state index contributed by atoms with van der Waals surface area (Å²) in [5, 5.41) is 0. The van der Waals surface area contributed by atoms with Crippen molar-refractivity contribution >= 4 is 11.6 Å². The Balaban J connectivity index is 4.32. The molecule has 0 saturated heterocycles. The number of unbranched alkanes of at least 4 members (excludes halogenated alkanes) is 4. The molecule has 0 atom stereocenters. The minimum absolute atomic E-state index is 0.819. The lowest BCUT2D eigenvalue weighted by Gasteiger charge is -2.38. The molecule has 0 aromatic heterocycles. The zero-order valence-corrected chi connectivity index (χ0v) is 13.1. The standard InChI is InChI=1S/C15H33ClN/c1-4-7-10-14-17(15-11-16,12-8-5-2)13-9-6-3/h4-15H2,1-3H3/q+1. The van der Waals surface area contributed by atoms with Crippen LogP contribution in [0.4, 0.5) is 0 Å². The first-order valence-corrected chi connectivity index (χ1v) is 8.19. The zero-order chi connectivity index (χ0) is 13.0. The zero-order valence-electron chi connectivity index (χ0n) is 12.3. The van der Waals surface area contributed by atoms with E-state index in [0.717, 1.165) is 5.88 Å². The lowest BCUT2D eigenvalue weighted by molar-refractivity contribution is -0.926. The van der Waals surface area contributed by atoms with Crippen molar-refractivity contribution in [1.82, 2.24) is 0 Å². The number of quaternary nitrogens is 1. The van der Waals surface area contributed by atoms with Gasteiger partial charge in [-0.1, -0.05) is 40.0 Å². The molecule has 0 rings (SSSR count). The molecule has 0 amide bonds. The quantitative estimate of drug-likeness (QED) is 0.268. The largest absolute Gasteiger partial charge is 0.323 e. The molecule has 0 aliphatic carbocycles. The fourth-order valence-electron chi connectivity index (χ4n) is 2.53. The Morgan fingerprint density at radius 2 is 1.12 bits per heavy atom. The number of nitrogens with zero attached hydrogens (tertiary/aromatic N) is 1. The van der Waals surface area contributed by atoms with E-state index in [2.05, 4.69) is 20.8 Å². The average Bonchev–Trinajstić information content (AvgIpc) is 2.34. The van der Waals surface area contributed by atoms with E-state index in [9.17, 15) is 0 Å². The molecule has 0 saturated carbocycles. The monoisotopic (exact) mass is 262 g/mol. The molecule has 1 nitrogen and oxygen atoms in total. The van der Waals surface area contributed by atoms with Crippen LogP contribution in [0.5, 0.6) is 0 Å². The minimum Gasteiger partial charge on any atom is -0.323 e. The molecule has 0 N–H and O–H groups in total. The summed E-state index contributed by atoms with van der Waals surface area (Å²) in [6.07, 6.45) is 9.40. The maximum absolute atomic E-state index is 6.04. The van der Waals surface area contributed by atoms with Gasteiger partial charge in [-0.3, -0.25) is 0 Å². The number of alkyl halides is 1.